The van der Waals surface area contributed by atoms with Gasteiger partial charge in [0, 0.05) is 21.1 Å². The van der Waals surface area contributed by atoms with E-state index in [1.807, 2.05) is 30.5 Å². The third kappa shape index (κ3) is 3.31. The van der Waals surface area contributed by atoms with Gasteiger partial charge in [0.1, 0.15) is 17.4 Å². The molecule has 0 unspecified atom stereocenters. The highest BCUT2D eigenvalue weighted by Gasteiger charge is 2.10. The standard InChI is InChI=1S/C13H14BrNO2S/c1-8-7-18-13(15-8)6-17-12-5-10(14)3-4-11(12)9(2)16/h3-5,7,9,16H,6H2,1-2H3/t9-/m1/s1. The van der Waals surface area contributed by atoms with Crippen LogP contribution in [0.3, 0.4) is 0 Å². The first-order chi connectivity index (χ1) is 8.56. The number of halogens is 1. The van der Waals surface area contributed by atoms with E-state index in [1.165, 1.54) is 0 Å². The summed E-state index contributed by atoms with van der Waals surface area (Å²) in [5.74, 6) is 0.687. The normalized spacial score (nSPS) is 12.4. The van der Waals surface area contributed by atoms with E-state index in [4.69, 9.17) is 4.74 Å². The number of hydrogen-bond donors (Lipinski definition) is 1. The molecule has 1 aromatic carbocycles. The Labute approximate surface area is 119 Å². The Morgan fingerprint density at radius 3 is 2.89 bits per heavy atom. The van der Waals surface area contributed by atoms with Gasteiger partial charge in [-0.25, -0.2) is 4.98 Å². The Kier molecular flexibility index (Phi) is 4.37. The van der Waals surface area contributed by atoms with Crippen molar-refractivity contribution in [1.82, 2.24) is 4.98 Å². The molecule has 0 radical (unpaired) electrons. The van der Waals surface area contributed by atoms with Gasteiger partial charge in [-0.3, -0.25) is 0 Å². The maximum Gasteiger partial charge on any atom is 0.140 e. The van der Waals surface area contributed by atoms with E-state index in [9.17, 15) is 5.11 Å². The predicted octanol–water partition coefficient (Wildman–Crippen LogP) is 3.85. The molecule has 0 fully saturated rings. The van der Waals surface area contributed by atoms with Crippen LogP contribution in [0.25, 0.3) is 0 Å². The Morgan fingerprint density at radius 1 is 1.50 bits per heavy atom. The van der Waals surface area contributed by atoms with Crippen LogP contribution < -0.4 is 4.74 Å². The molecule has 0 saturated carbocycles. The van der Waals surface area contributed by atoms with E-state index in [1.54, 1.807) is 18.3 Å². The first-order valence-corrected chi connectivity index (χ1v) is 7.25. The number of benzene rings is 1. The number of aryl methyl sites for hydroxylation is 1. The van der Waals surface area contributed by atoms with Gasteiger partial charge in [0.2, 0.25) is 0 Å². The molecule has 2 aromatic rings. The van der Waals surface area contributed by atoms with Gasteiger partial charge in [0.15, 0.2) is 0 Å². The summed E-state index contributed by atoms with van der Waals surface area (Å²) in [6, 6.07) is 5.61. The molecule has 0 amide bonds. The van der Waals surface area contributed by atoms with Crippen molar-refractivity contribution in [2.75, 3.05) is 0 Å². The molecule has 1 N–H and O–H groups in total. The lowest BCUT2D eigenvalue weighted by molar-refractivity contribution is 0.190. The van der Waals surface area contributed by atoms with Crippen LogP contribution in [0.2, 0.25) is 0 Å². The first-order valence-electron chi connectivity index (χ1n) is 5.57. The average Bonchev–Trinajstić information content (AvgIpc) is 2.72. The molecular formula is C13H14BrNO2S. The topological polar surface area (TPSA) is 42.4 Å². The van der Waals surface area contributed by atoms with Gasteiger partial charge >= 0.3 is 0 Å². The molecule has 3 nitrogen and oxygen atoms in total. The van der Waals surface area contributed by atoms with E-state index < -0.39 is 6.10 Å². The molecule has 96 valence electrons. The van der Waals surface area contributed by atoms with E-state index in [0.29, 0.717) is 12.4 Å². The van der Waals surface area contributed by atoms with Crippen LogP contribution in [0.1, 0.15) is 29.3 Å². The summed E-state index contributed by atoms with van der Waals surface area (Å²) in [5.41, 5.74) is 1.79. The highest BCUT2D eigenvalue weighted by Crippen LogP contribution is 2.29. The number of aromatic nitrogens is 1. The van der Waals surface area contributed by atoms with Crippen LogP contribution in [-0.2, 0) is 6.61 Å². The highest BCUT2D eigenvalue weighted by molar-refractivity contribution is 9.10. The number of aliphatic hydroxyl groups is 1. The fourth-order valence-corrected chi connectivity index (χ4v) is 2.61. The van der Waals surface area contributed by atoms with Crippen molar-refractivity contribution in [1.29, 1.82) is 0 Å². The van der Waals surface area contributed by atoms with E-state index in [-0.39, 0.29) is 0 Å². The molecule has 18 heavy (non-hydrogen) atoms. The number of ether oxygens (including phenoxy) is 1. The lowest BCUT2D eigenvalue weighted by Gasteiger charge is -2.13. The van der Waals surface area contributed by atoms with Gasteiger partial charge in [-0.05, 0) is 26.0 Å². The minimum atomic E-state index is -0.550. The summed E-state index contributed by atoms with van der Waals surface area (Å²) in [6.07, 6.45) is -0.550. The lowest BCUT2D eigenvalue weighted by atomic mass is 10.1. The van der Waals surface area contributed by atoms with E-state index in [2.05, 4.69) is 20.9 Å². The van der Waals surface area contributed by atoms with E-state index in [0.717, 1.165) is 20.7 Å². The van der Waals surface area contributed by atoms with Crippen LogP contribution in [0.5, 0.6) is 5.75 Å². The molecule has 1 atom stereocenters. The zero-order valence-corrected chi connectivity index (χ0v) is 12.6. The SMILES string of the molecule is Cc1csc(COc2cc(Br)ccc2[C@@H](C)O)n1. The Balaban J connectivity index is 2.15. The minimum Gasteiger partial charge on any atom is -0.486 e. The summed E-state index contributed by atoms with van der Waals surface area (Å²) in [4.78, 5) is 4.34. The molecule has 1 aromatic heterocycles. The van der Waals surface area contributed by atoms with Gasteiger partial charge in [-0.2, -0.15) is 0 Å². The molecule has 0 spiro atoms. The second kappa shape index (κ2) is 5.82. The molecule has 1 heterocycles. The van der Waals surface area contributed by atoms with Crippen molar-refractivity contribution in [3.05, 3.63) is 44.3 Å². The monoisotopic (exact) mass is 327 g/mol. The van der Waals surface area contributed by atoms with Crippen molar-refractivity contribution < 1.29 is 9.84 Å². The van der Waals surface area contributed by atoms with Gasteiger partial charge in [-0.1, -0.05) is 22.0 Å². The number of rotatable bonds is 4. The number of nitrogens with zero attached hydrogens (tertiary/aromatic N) is 1. The zero-order chi connectivity index (χ0) is 13.1. The van der Waals surface area contributed by atoms with Crippen LogP contribution in [0.15, 0.2) is 28.1 Å². The number of aliphatic hydroxyl groups excluding tert-OH is 1. The number of thiazole rings is 1. The van der Waals surface area contributed by atoms with Crippen molar-refractivity contribution in [2.24, 2.45) is 0 Å². The maximum atomic E-state index is 9.69. The Hall–Kier alpha value is -0.910. The molecule has 0 bridgehead atoms. The third-order valence-corrected chi connectivity index (χ3v) is 3.88. The molecule has 0 aliphatic rings. The number of hydrogen-bond acceptors (Lipinski definition) is 4. The predicted molar refractivity (Wildman–Crippen MR) is 76.0 cm³/mol. The fraction of sp³-hybridized carbons (Fsp3) is 0.308. The maximum absolute atomic E-state index is 9.69. The van der Waals surface area contributed by atoms with Crippen molar-refractivity contribution in [3.8, 4) is 5.75 Å². The molecular weight excluding hydrogens is 314 g/mol. The summed E-state index contributed by atoms with van der Waals surface area (Å²) < 4.78 is 6.66. The van der Waals surface area contributed by atoms with Crippen LogP contribution in [0.4, 0.5) is 0 Å². The Morgan fingerprint density at radius 2 is 2.28 bits per heavy atom. The molecule has 0 aliphatic carbocycles. The molecule has 0 aliphatic heterocycles. The van der Waals surface area contributed by atoms with Crippen molar-refractivity contribution in [3.63, 3.8) is 0 Å². The van der Waals surface area contributed by atoms with Gasteiger partial charge in [0.05, 0.1) is 6.10 Å². The van der Waals surface area contributed by atoms with Crippen LogP contribution in [-0.4, -0.2) is 10.1 Å². The fourth-order valence-electron chi connectivity index (χ4n) is 1.59. The smallest absolute Gasteiger partial charge is 0.140 e. The van der Waals surface area contributed by atoms with Gasteiger partial charge in [0.25, 0.3) is 0 Å². The minimum absolute atomic E-state index is 0.425. The third-order valence-electron chi connectivity index (χ3n) is 2.44. The second-order valence-corrected chi connectivity index (χ2v) is 5.89. The van der Waals surface area contributed by atoms with Crippen LogP contribution >= 0.6 is 27.3 Å². The van der Waals surface area contributed by atoms with Crippen molar-refractivity contribution >= 4 is 27.3 Å². The first kappa shape index (κ1) is 13.5. The molecule has 0 saturated heterocycles. The zero-order valence-electron chi connectivity index (χ0n) is 10.2. The summed E-state index contributed by atoms with van der Waals surface area (Å²) >= 11 is 4.98. The molecule has 2 rings (SSSR count). The summed E-state index contributed by atoms with van der Waals surface area (Å²) in [5, 5.41) is 12.6. The summed E-state index contributed by atoms with van der Waals surface area (Å²) in [7, 11) is 0. The van der Waals surface area contributed by atoms with Gasteiger partial charge < -0.3 is 9.84 Å². The highest BCUT2D eigenvalue weighted by atomic mass is 79.9. The summed E-state index contributed by atoms with van der Waals surface area (Å²) in [6.45, 7) is 4.11. The largest absolute Gasteiger partial charge is 0.486 e. The van der Waals surface area contributed by atoms with E-state index >= 15 is 0 Å². The van der Waals surface area contributed by atoms with Crippen LogP contribution in [0, 0.1) is 6.92 Å². The average molecular weight is 328 g/mol. The Bertz CT molecular complexity index is 540. The molecule has 5 heteroatoms. The second-order valence-electron chi connectivity index (χ2n) is 4.03. The quantitative estimate of drug-likeness (QED) is 0.927. The van der Waals surface area contributed by atoms with Crippen molar-refractivity contribution in [2.45, 2.75) is 26.6 Å². The van der Waals surface area contributed by atoms with Gasteiger partial charge in [-0.15, -0.1) is 11.3 Å². The lowest BCUT2D eigenvalue weighted by Crippen LogP contribution is -2.01.